The van der Waals surface area contributed by atoms with Gasteiger partial charge in [0.1, 0.15) is 30.8 Å². The number of halogens is 1. The number of amides is 3. The molecule has 0 radical (unpaired) electrons. The maximum Gasteiger partial charge on any atom is 0.257 e. The number of carbonyl (C=O) groups is 3. The van der Waals surface area contributed by atoms with Gasteiger partial charge < -0.3 is 25.0 Å². The van der Waals surface area contributed by atoms with E-state index in [4.69, 9.17) is 9.47 Å². The predicted molar refractivity (Wildman–Crippen MR) is 115 cm³/mol. The third-order valence-corrected chi connectivity index (χ3v) is 5.90. The van der Waals surface area contributed by atoms with Crippen molar-refractivity contribution < 1.29 is 28.2 Å². The van der Waals surface area contributed by atoms with E-state index in [1.807, 2.05) is 7.05 Å². The number of methoxy groups -OCH3 is 1. The number of carbonyl (C=O) groups excluding carboxylic acids is 3. The number of fused-ring (bicyclic) bond motifs is 3. The highest BCUT2D eigenvalue weighted by atomic mass is 19.1. The molecule has 2 aliphatic rings. The largest absolute Gasteiger partial charge is 0.491 e. The second kappa shape index (κ2) is 10.7. The van der Waals surface area contributed by atoms with Gasteiger partial charge in [0.05, 0.1) is 5.56 Å². The second-order valence-electron chi connectivity index (χ2n) is 8.41. The maximum atomic E-state index is 13.9. The minimum Gasteiger partial charge on any atom is -0.491 e. The van der Waals surface area contributed by atoms with E-state index in [-0.39, 0.29) is 42.0 Å². The van der Waals surface area contributed by atoms with E-state index in [0.717, 1.165) is 0 Å². The third kappa shape index (κ3) is 5.95. The van der Waals surface area contributed by atoms with Gasteiger partial charge in [0, 0.05) is 39.3 Å². The summed E-state index contributed by atoms with van der Waals surface area (Å²) in [5.41, 5.74) is 0.165. The Morgan fingerprint density at radius 2 is 2.12 bits per heavy atom. The van der Waals surface area contributed by atoms with Crippen LogP contribution in [0.5, 0.6) is 5.75 Å². The van der Waals surface area contributed by atoms with Gasteiger partial charge in [-0.25, -0.2) is 4.39 Å². The second-order valence-corrected chi connectivity index (χ2v) is 8.41. The lowest BCUT2D eigenvalue weighted by Gasteiger charge is -2.23. The Kier molecular flexibility index (Phi) is 8.03. The number of ether oxygens (including phenoxy) is 2. The Labute approximate surface area is 187 Å². The van der Waals surface area contributed by atoms with Gasteiger partial charge in [-0.1, -0.05) is 0 Å². The summed E-state index contributed by atoms with van der Waals surface area (Å²) in [4.78, 5) is 41.4. The van der Waals surface area contributed by atoms with Crippen molar-refractivity contribution in [1.82, 2.24) is 20.4 Å². The average molecular weight is 451 g/mol. The van der Waals surface area contributed by atoms with Gasteiger partial charge in [-0.15, -0.1) is 0 Å². The molecule has 9 nitrogen and oxygen atoms in total. The zero-order valence-electron chi connectivity index (χ0n) is 18.7. The number of likely N-dealkylation sites (N-methyl/N-ethyl adjacent to an activating group) is 1. The summed E-state index contributed by atoms with van der Waals surface area (Å²) >= 11 is 0. The van der Waals surface area contributed by atoms with Crippen LogP contribution in [0.2, 0.25) is 0 Å². The van der Waals surface area contributed by atoms with Gasteiger partial charge >= 0.3 is 0 Å². The van der Waals surface area contributed by atoms with E-state index in [1.54, 1.807) is 7.05 Å². The van der Waals surface area contributed by atoms with Crippen LogP contribution < -0.4 is 15.4 Å². The first-order valence-electron chi connectivity index (χ1n) is 10.7. The fourth-order valence-corrected chi connectivity index (χ4v) is 4.14. The molecular weight excluding hydrogens is 419 g/mol. The number of hydrogen-bond donors (Lipinski definition) is 2. The first kappa shape index (κ1) is 23.9. The van der Waals surface area contributed by atoms with Crippen LogP contribution in [0, 0.1) is 5.82 Å². The van der Waals surface area contributed by atoms with Crippen molar-refractivity contribution in [2.45, 2.75) is 37.4 Å². The molecule has 2 bridgehead atoms. The van der Waals surface area contributed by atoms with Crippen LogP contribution in [0.4, 0.5) is 4.39 Å². The van der Waals surface area contributed by atoms with Crippen LogP contribution in [-0.2, 0) is 14.3 Å². The number of rotatable bonds is 3. The minimum atomic E-state index is -0.739. The van der Waals surface area contributed by atoms with Crippen molar-refractivity contribution in [2.24, 2.45) is 0 Å². The molecule has 176 valence electrons. The van der Waals surface area contributed by atoms with Gasteiger partial charge in [-0.05, 0) is 44.5 Å². The lowest BCUT2D eigenvalue weighted by atomic mass is 10.1. The number of likely N-dealkylation sites (tertiary alicyclic amines) is 1. The number of benzene rings is 1. The molecule has 0 spiro atoms. The van der Waals surface area contributed by atoms with Crippen molar-refractivity contribution in [3.05, 3.63) is 29.6 Å². The standard InChI is InChI=1S/C22H31FN4O5/c1-26-8-4-5-18(25-20(28)13-31-3)21(29)24-15-10-16(27(2)11-15)12-32-19-7-6-14(23)9-17(19)22(26)30/h6-7,9,15-16,18H,4-5,8,10-13H2,1-3H3,(H,24,29)(H,25,28)/t15-,16+,18+/m1/s1. The molecule has 2 heterocycles. The zero-order chi connectivity index (χ0) is 23.3. The van der Waals surface area contributed by atoms with Gasteiger partial charge in [-0.2, -0.15) is 0 Å². The van der Waals surface area contributed by atoms with E-state index in [2.05, 4.69) is 15.5 Å². The molecule has 1 aromatic carbocycles. The molecule has 3 rings (SSSR count). The summed E-state index contributed by atoms with van der Waals surface area (Å²) in [7, 11) is 4.96. The van der Waals surface area contributed by atoms with Crippen LogP contribution in [0.3, 0.4) is 0 Å². The van der Waals surface area contributed by atoms with Crippen LogP contribution in [0.1, 0.15) is 29.6 Å². The quantitative estimate of drug-likeness (QED) is 0.691. The zero-order valence-corrected chi connectivity index (χ0v) is 18.7. The topological polar surface area (TPSA) is 100 Å². The van der Waals surface area contributed by atoms with Crippen LogP contribution in [0.15, 0.2) is 18.2 Å². The highest BCUT2D eigenvalue weighted by Gasteiger charge is 2.33. The van der Waals surface area contributed by atoms with Crippen molar-refractivity contribution >= 4 is 17.7 Å². The molecule has 0 aromatic heterocycles. The van der Waals surface area contributed by atoms with Crippen molar-refractivity contribution in [3.8, 4) is 5.75 Å². The van der Waals surface area contributed by atoms with Crippen molar-refractivity contribution in [3.63, 3.8) is 0 Å². The maximum absolute atomic E-state index is 13.9. The molecule has 3 atom stereocenters. The molecule has 0 aliphatic carbocycles. The van der Waals surface area contributed by atoms with E-state index in [1.165, 1.54) is 30.2 Å². The van der Waals surface area contributed by atoms with E-state index < -0.39 is 11.9 Å². The first-order valence-corrected chi connectivity index (χ1v) is 10.7. The Morgan fingerprint density at radius 3 is 2.88 bits per heavy atom. The number of hydrogen-bond acceptors (Lipinski definition) is 6. The predicted octanol–water partition coefficient (Wildman–Crippen LogP) is 0.390. The molecule has 2 N–H and O–H groups in total. The van der Waals surface area contributed by atoms with E-state index in [0.29, 0.717) is 44.7 Å². The van der Waals surface area contributed by atoms with Crippen LogP contribution >= 0.6 is 0 Å². The molecule has 0 unspecified atom stereocenters. The molecular formula is C22H31FN4O5. The summed E-state index contributed by atoms with van der Waals surface area (Å²) in [6, 6.07) is 3.12. The molecule has 1 fully saturated rings. The molecule has 1 saturated heterocycles. The molecule has 2 aliphatic heterocycles. The number of nitrogens with zero attached hydrogens (tertiary/aromatic N) is 2. The first-order chi connectivity index (χ1) is 15.3. The highest BCUT2D eigenvalue weighted by Crippen LogP contribution is 2.24. The third-order valence-electron chi connectivity index (χ3n) is 5.90. The molecule has 0 saturated carbocycles. The fourth-order valence-electron chi connectivity index (χ4n) is 4.14. The Bertz CT molecular complexity index is 852. The Balaban J connectivity index is 1.83. The summed E-state index contributed by atoms with van der Waals surface area (Å²) in [5, 5.41) is 5.74. The summed E-state index contributed by atoms with van der Waals surface area (Å²) < 4.78 is 24.7. The average Bonchev–Trinajstić information content (AvgIpc) is 3.09. The lowest BCUT2D eigenvalue weighted by molar-refractivity contribution is -0.131. The summed E-state index contributed by atoms with van der Waals surface area (Å²) in [5.74, 6) is -1.18. The normalized spacial score (nSPS) is 25.2. The highest BCUT2D eigenvalue weighted by molar-refractivity contribution is 5.96. The Morgan fingerprint density at radius 1 is 1.34 bits per heavy atom. The van der Waals surface area contributed by atoms with Crippen molar-refractivity contribution in [1.29, 1.82) is 0 Å². The van der Waals surface area contributed by atoms with E-state index in [9.17, 15) is 18.8 Å². The van der Waals surface area contributed by atoms with Crippen LogP contribution in [0.25, 0.3) is 0 Å². The molecule has 1 aromatic rings. The van der Waals surface area contributed by atoms with Crippen molar-refractivity contribution in [2.75, 3.05) is 47.5 Å². The number of nitrogens with one attached hydrogen (secondary N) is 2. The molecule has 3 amide bonds. The van der Waals surface area contributed by atoms with Crippen LogP contribution in [-0.4, -0.2) is 93.2 Å². The minimum absolute atomic E-state index is 0.0118. The van der Waals surface area contributed by atoms with Gasteiger partial charge in [0.25, 0.3) is 5.91 Å². The summed E-state index contributed by atoms with van der Waals surface area (Å²) in [6.45, 7) is 1.12. The summed E-state index contributed by atoms with van der Waals surface area (Å²) in [6.07, 6.45) is 1.47. The van der Waals surface area contributed by atoms with E-state index >= 15 is 0 Å². The fraction of sp³-hybridized carbons (Fsp3) is 0.591. The Hall–Kier alpha value is -2.72. The van der Waals surface area contributed by atoms with Gasteiger partial charge in [0.2, 0.25) is 11.8 Å². The monoisotopic (exact) mass is 450 g/mol. The smallest absolute Gasteiger partial charge is 0.257 e. The molecule has 10 heteroatoms. The lowest BCUT2D eigenvalue weighted by Crippen LogP contribution is -2.51. The van der Waals surface area contributed by atoms with Gasteiger partial charge in [0.15, 0.2) is 0 Å². The van der Waals surface area contributed by atoms with Gasteiger partial charge in [-0.3, -0.25) is 19.3 Å². The SMILES string of the molecule is COCC(=O)N[C@H]1CCCN(C)C(=O)c2cc(F)ccc2OC[C@@H]2C[C@H](CN2C)NC1=O. The molecule has 32 heavy (non-hydrogen) atoms.